The van der Waals surface area contributed by atoms with Crippen molar-refractivity contribution in [2.24, 2.45) is 0 Å². The van der Waals surface area contributed by atoms with Gasteiger partial charge in [0.2, 0.25) is 5.91 Å². The second-order valence-corrected chi connectivity index (χ2v) is 6.59. The first-order valence-electron chi connectivity index (χ1n) is 7.24. The Morgan fingerprint density at radius 1 is 1.26 bits per heavy atom. The van der Waals surface area contributed by atoms with E-state index in [1.165, 1.54) is 12.8 Å². The van der Waals surface area contributed by atoms with Crippen molar-refractivity contribution in [3.05, 3.63) is 0 Å². The molecule has 1 fully saturated rings. The second-order valence-electron chi connectivity index (χ2n) is 5.01. The van der Waals surface area contributed by atoms with Gasteiger partial charge in [0.15, 0.2) is 0 Å². The second kappa shape index (κ2) is 9.23. The number of unbranched alkanes of at least 4 members (excludes halogenated alkanes) is 1. The molecule has 0 aliphatic carbocycles. The van der Waals surface area contributed by atoms with Gasteiger partial charge in [0.1, 0.15) is 0 Å². The van der Waals surface area contributed by atoms with E-state index in [0.29, 0.717) is 24.5 Å². The summed E-state index contributed by atoms with van der Waals surface area (Å²) in [5.74, 6) is 0.529. The summed E-state index contributed by atoms with van der Waals surface area (Å²) in [5.41, 5.74) is 0. The van der Waals surface area contributed by atoms with Gasteiger partial charge in [-0.15, -0.1) is 0 Å². The van der Waals surface area contributed by atoms with Gasteiger partial charge in [-0.2, -0.15) is 11.8 Å². The SMILES string of the molecule is CCSC1CCCCN(C(=O)CCCCC(=O)O)C1. The number of hydrogen-bond donors (Lipinski definition) is 1. The summed E-state index contributed by atoms with van der Waals surface area (Å²) in [4.78, 5) is 24.5. The molecule has 5 heteroatoms. The maximum absolute atomic E-state index is 12.1. The summed E-state index contributed by atoms with van der Waals surface area (Å²) >= 11 is 1.95. The maximum Gasteiger partial charge on any atom is 0.303 e. The molecule has 1 aliphatic rings. The lowest BCUT2D eigenvalue weighted by molar-refractivity contribution is -0.137. The molecule has 1 amide bonds. The van der Waals surface area contributed by atoms with Crippen LogP contribution >= 0.6 is 11.8 Å². The molecule has 4 nitrogen and oxygen atoms in total. The van der Waals surface area contributed by atoms with Gasteiger partial charge in [0, 0.05) is 31.2 Å². The Bertz CT molecular complexity index is 296. The minimum Gasteiger partial charge on any atom is -0.481 e. The minimum absolute atomic E-state index is 0.168. The summed E-state index contributed by atoms with van der Waals surface area (Å²) < 4.78 is 0. The Hall–Kier alpha value is -0.710. The molecule has 0 aromatic rings. The van der Waals surface area contributed by atoms with Gasteiger partial charge in [-0.1, -0.05) is 13.3 Å². The molecule has 1 heterocycles. The Balaban J connectivity index is 2.30. The smallest absolute Gasteiger partial charge is 0.303 e. The van der Waals surface area contributed by atoms with E-state index in [1.54, 1.807) is 0 Å². The van der Waals surface area contributed by atoms with Crippen LogP contribution in [-0.2, 0) is 9.59 Å². The van der Waals surface area contributed by atoms with Gasteiger partial charge in [-0.25, -0.2) is 0 Å². The molecular formula is C14H25NO3S. The molecule has 1 saturated heterocycles. The summed E-state index contributed by atoms with van der Waals surface area (Å²) in [7, 11) is 0. The number of carbonyl (C=O) groups excluding carboxylic acids is 1. The average Bonchev–Trinajstić information content (AvgIpc) is 2.60. The van der Waals surface area contributed by atoms with Crippen LogP contribution in [0.5, 0.6) is 0 Å². The van der Waals surface area contributed by atoms with Crippen LogP contribution in [0.2, 0.25) is 0 Å². The minimum atomic E-state index is -0.776. The van der Waals surface area contributed by atoms with E-state index in [9.17, 15) is 9.59 Å². The van der Waals surface area contributed by atoms with Gasteiger partial charge in [0.25, 0.3) is 0 Å². The molecule has 0 aromatic carbocycles. The number of carboxylic acids is 1. The molecule has 1 N–H and O–H groups in total. The third kappa shape index (κ3) is 6.85. The quantitative estimate of drug-likeness (QED) is 0.732. The van der Waals surface area contributed by atoms with Crippen molar-refractivity contribution in [1.29, 1.82) is 0 Å². The average molecular weight is 287 g/mol. The summed E-state index contributed by atoms with van der Waals surface area (Å²) in [6.45, 7) is 3.91. The van der Waals surface area contributed by atoms with Crippen LogP contribution in [0.4, 0.5) is 0 Å². The van der Waals surface area contributed by atoms with E-state index in [4.69, 9.17) is 5.11 Å². The van der Waals surface area contributed by atoms with Crippen LogP contribution < -0.4 is 0 Å². The zero-order chi connectivity index (χ0) is 14.1. The lowest BCUT2D eigenvalue weighted by Gasteiger charge is -2.24. The largest absolute Gasteiger partial charge is 0.481 e. The topological polar surface area (TPSA) is 57.6 Å². The van der Waals surface area contributed by atoms with Gasteiger partial charge < -0.3 is 10.0 Å². The van der Waals surface area contributed by atoms with Crippen LogP contribution in [0.25, 0.3) is 0 Å². The number of hydrogen-bond acceptors (Lipinski definition) is 3. The summed E-state index contributed by atoms with van der Waals surface area (Å²) in [6, 6.07) is 0. The molecule has 0 aromatic heterocycles. The third-order valence-corrected chi connectivity index (χ3v) is 4.60. The number of carbonyl (C=O) groups is 2. The maximum atomic E-state index is 12.1. The van der Waals surface area contributed by atoms with Crippen molar-refractivity contribution >= 4 is 23.6 Å². The fourth-order valence-electron chi connectivity index (χ4n) is 2.41. The van der Waals surface area contributed by atoms with E-state index < -0.39 is 5.97 Å². The number of rotatable bonds is 7. The predicted molar refractivity (Wildman–Crippen MR) is 78.5 cm³/mol. The van der Waals surface area contributed by atoms with E-state index in [0.717, 1.165) is 25.3 Å². The van der Waals surface area contributed by atoms with Crippen molar-refractivity contribution in [2.45, 2.75) is 57.1 Å². The van der Waals surface area contributed by atoms with Gasteiger partial charge in [0.05, 0.1) is 0 Å². The van der Waals surface area contributed by atoms with Crippen molar-refractivity contribution in [3.8, 4) is 0 Å². The monoisotopic (exact) mass is 287 g/mol. The number of aliphatic carboxylic acids is 1. The Kier molecular flexibility index (Phi) is 7.94. The summed E-state index contributed by atoms with van der Waals surface area (Å²) in [6.07, 6.45) is 5.47. The normalized spacial score (nSPS) is 20.1. The first kappa shape index (κ1) is 16.3. The van der Waals surface area contributed by atoms with Crippen molar-refractivity contribution < 1.29 is 14.7 Å². The summed E-state index contributed by atoms with van der Waals surface area (Å²) in [5, 5.41) is 9.14. The zero-order valence-electron chi connectivity index (χ0n) is 11.8. The number of thioether (sulfide) groups is 1. The molecule has 0 radical (unpaired) electrons. The molecule has 0 spiro atoms. The molecule has 1 unspecified atom stereocenters. The highest BCUT2D eigenvalue weighted by Crippen LogP contribution is 2.22. The molecular weight excluding hydrogens is 262 g/mol. The molecule has 1 rings (SSSR count). The van der Waals surface area contributed by atoms with Crippen LogP contribution in [0.3, 0.4) is 0 Å². The third-order valence-electron chi connectivity index (χ3n) is 3.41. The Morgan fingerprint density at radius 3 is 2.68 bits per heavy atom. The van der Waals surface area contributed by atoms with Crippen LogP contribution in [-0.4, -0.2) is 46.0 Å². The van der Waals surface area contributed by atoms with Crippen molar-refractivity contribution in [2.75, 3.05) is 18.8 Å². The molecule has 0 saturated carbocycles. The highest BCUT2D eigenvalue weighted by Gasteiger charge is 2.21. The van der Waals surface area contributed by atoms with Crippen LogP contribution in [0.1, 0.15) is 51.9 Å². The number of carboxylic acid groups (broad SMARTS) is 1. The fourth-order valence-corrected chi connectivity index (χ4v) is 3.50. The Morgan fingerprint density at radius 2 is 2.00 bits per heavy atom. The number of amides is 1. The van der Waals surface area contributed by atoms with Crippen molar-refractivity contribution in [3.63, 3.8) is 0 Å². The first-order valence-corrected chi connectivity index (χ1v) is 8.29. The lowest BCUT2D eigenvalue weighted by Crippen LogP contribution is -2.35. The van der Waals surface area contributed by atoms with E-state index in [2.05, 4.69) is 6.92 Å². The zero-order valence-corrected chi connectivity index (χ0v) is 12.6. The van der Waals surface area contributed by atoms with Crippen LogP contribution in [0.15, 0.2) is 0 Å². The Labute approximate surface area is 119 Å². The van der Waals surface area contributed by atoms with E-state index in [-0.39, 0.29) is 12.3 Å². The van der Waals surface area contributed by atoms with E-state index >= 15 is 0 Å². The predicted octanol–water partition coefficient (Wildman–Crippen LogP) is 2.77. The highest BCUT2D eigenvalue weighted by atomic mass is 32.2. The van der Waals surface area contributed by atoms with E-state index in [1.807, 2.05) is 16.7 Å². The highest BCUT2D eigenvalue weighted by molar-refractivity contribution is 7.99. The lowest BCUT2D eigenvalue weighted by atomic mass is 10.2. The molecule has 19 heavy (non-hydrogen) atoms. The molecule has 110 valence electrons. The molecule has 1 atom stereocenters. The fraction of sp³-hybridized carbons (Fsp3) is 0.857. The van der Waals surface area contributed by atoms with Crippen LogP contribution in [0, 0.1) is 0 Å². The van der Waals surface area contributed by atoms with Gasteiger partial charge in [-0.05, 0) is 31.4 Å². The number of nitrogens with zero attached hydrogens (tertiary/aromatic N) is 1. The van der Waals surface area contributed by atoms with Gasteiger partial charge in [-0.3, -0.25) is 9.59 Å². The molecule has 0 bridgehead atoms. The molecule has 1 aliphatic heterocycles. The standard InChI is InChI=1S/C14H25NO3S/c1-2-19-12-7-5-6-10-15(11-12)13(16)8-3-4-9-14(17)18/h12H,2-11H2,1H3,(H,17,18). The number of likely N-dealkylation sites (tertiary alicyclic amines) is 1. The first-order chi connectivity index (χ1) is 9.13. The van der Waals surface area contributed by atoms with Gasteiger partial charge >= 0.3 is 5.97 Å². The van der Waals surface area contributed by atoms with Crippen molar-refractivity contribution in [1.82, 2.24) is 4.90 Å².